The summed E-state index contributed by atoms with van der Waals surface area (Å²) in [6.45, 7) is 0. The zero-order valence-corrected chi connectivity index (χ0v) is 12.4. The molecule has 0 fully saturated rings. The lowest BCUT2D eigenvalue weighted by Crippen LogP contribution is -2.06. The smallest absolute Gasteiger partial charge is 0.358 e. The fourth-order valence-corrected chi connectivity index (χ4v) is 1.98. The minimum Gasteiger partial charge on any atom is -0.478 e. The number of carboxylic acid groups (broad SMARTS) is 1. The van der Waals surface area contributed by atoms with Gasteiger partial charge >= 0.3 is 11.9 Å². The number of ether oxygens (including phenoxy) is 1. The van der Waals surface area contributed by atoms with Crippen molar-refractivity contribution in [2.75, 3.05) is 12.4 Å². The van der Waals surface area contributed by atoms with Gasteiger partial charge in [0.1, 0.15) is 0 Å². The third kappa shape index (κ3) is 3.54. The van der Waals surface area contributed by atoms with Gasteiger partial charge in [-0.3, -0.25) is 0 Å². The number of nitrogens with one attached hydrogen (secondary N) is 1. The zero-order valence-electron chi connectivity index (χ0n) is 10.8. The maximum Gasteiger partial charge on any atom is 0.358 e. The minimum absolute atomic E-state index is 0.100. The number of benzene rings is 1. The van der Waals surface area contributed by atoms with Crippen molar-refractivity contribution in [3.05, 3.63) is 46.1 Å². The van der Waals surface area contributed by atoms with E-state index in [-0.39, 0.29) is 11.3 Å². The molecule has 1 heterocycles. The van der Waals surface area contributed by atoms with Crippen LogP contribution in [0.15, 0.2) is 34.8 Å². The van der Waals surface area contributed by atoms with Crippen molar-refractivity contribution in [2.45, 2.75) is 0 Å². The number of hydrogen-bond donors (Lipinski definition) is 2. The number of halogens is 1. The van der Waals surface area contributed by atoms with Crippen LogP contribution in [0.3, 0.4) is 0 Å². The molecule has 7 nitrogen and oxygen atoms in total. The molecule has 8 heteroatoms. The van der Waals surface area contributed by atoms with Gasteiger partial charge in [-0.05, 0) is 46.3 Å². The van der Waals surface area contributed by atoms with E-state index in [1.165, 1.54) is 25.3 Å². The van der Waals surface area contributed by atoms with E-state index in [1.807, 2.05) is 0 Å². The highest BCUT2D eigenvalue weighted by Gasteiger charge is 2.10. The van der Waals surface area contributed by atoms with E-state index >= 15 is 0 Å². The maximum atomic E-state index is 11.2. The fraction of sp³-hybridized carbons (Fsp3) is 0.0769. The standard InChI is InChI=1S/C13H10BrN3O4/c1-21-13(20)10-4-5-11(17-16-10)15-9-3-2-7(12(18)19)6-8(9)14/h2-6H,1H3,(H,15,17)(H,18,19). The Morgan fingerprint density at radius 1 is 1.24 bits per heavy atom. The Hall–Kier alpha value is -2.48. The Kier molecular flexibility index (Phi) is 4.49. The molecule has 0 saturated heterocycles. The summed E-state index contributed by atoms with van der Waals surface area (Å²) in [5.41, 5.74) is 0.892. The third-order valence-electron chi connectivity index (χ3n) is 2.54. The maximum absolute atomic E-state index is 11.2. The number of aromatic nitrogens is 2. The van der Waals surface area contributed by atoms with Crippen molar-refractivity contribution < 1.29 is 19.4 Å². The molecular formula is C13H10BrN3O4. The van der Waals surface area contributed by atoms with Crippen LogP contribution in [-0.2, 0) is 4.74 Å². The zero-order chi connectivity index (χ0) is 15.4. The second-order valence-electron chi connectivity index (χ2n) is 3.92. The van der Waals surface area contributed by atoms with Gasteiger partial charge in [-0.15, -0.1) is 10.2 Å². The molecule has 2 rings (SSSR count). The Bertz CT molecular complexity index is 688. The number of carbonyl (C=O) groups excluding carboxylic acids is 1. The van der Waals surface area contributed by atoms with Crippen LogP contribution in [-0.4, -0.2) is 34.4 Å². The molecule has 0 bridgehead atoms. The van der Waals surface area contributed by atoms with Crippen molar-refractivity contribution in [3.63, 3.8) is 0 Å². The number of hydrogen-bond acceptors (Lipinski definition) is 6. The first-order valence-electron chi connectivity index (χ1n) is 5.73. The van der Waals surface area contributed by atoms with Crippen LogP contribution < -0.4 is 5.32 Å². The minimum atomic E-state index is -1.01. The van der Waals surface area contributed by atoms with E-state index in [9.17, 15) is 9.59 Å². The number of esters is 1. The first-order chi connectivity index (χ1) is 10.0. The summed E-state index contributed by atoms with van der Waals surface area (Å²) in [6.07, 6.45) is 0. The monoisotopic (exact) mass is 351 g/mol. The topological polar surface area (TPSA) is 101 Å². The molecule has 21 heavy (non-hydrogen) atoms. The van der Waals surface area contributed by atoms with Crippen LogP contribution >= 0.6 is 15.9 Å². The molecule has 0 atom stereocenters. The normalized spacial score (nSPS) is 10.0. The van der Waals surface area contributed by atoms with Gasteiger partial charge in [0.05, 0.1) is 18.4 Å². The first-order valence-corrected chi connectivity index (χ1v) is 6.52. The number of nitrogens with zero attached hydrogens (tertiary/aromatic N) is 2. The molecule has 0 aliphatic heterocycles. The van der Waals surface area contributed by atoms with Crippen molar-refractivity contribution in [1.29, 1.82) is 0 Å². The highest BCUT2D eigenvalue weighted by molar-refractivity contribution is 9.10. The second kappa shape index (κ2) is 6.31. The van der Waals surface area contributed by atoms with E-state index in [1.54, 1.807) is 12.1 Å². The molecule has 0 aliphatic carbocycles. The molecule has 0 saturated carbocycles. The van der Waals surface area contributed by atoms with Crippen LogP contribution in [0, 0.1) is 0 Å². The molecule has 0 spiro atoms. The highest BCUT2D eigenvalue weighted by atomic mass is 79.9. The number of methoxy groups -OCH3 is 1. The van der Waals surface area contributed by atoms with E-state index in [2.05, 4.69) is 36.2 Å². The largest absolute Gasteiger partial charge is 0.478 e. The molecule has 0 aliphatic rings. The van der Waals surface area contributed by atoms with Gasteiger partial charge in [-0.25, -0.2) is 9.59 Å². The van der Waals surface area contributed by atoms with Crippen LogP contribution in [0.2, 0.25) is 0 Å². The number of rotatable bonds is 4. The van der Waals surface area contributed by atoms with E-state index in [4.69, 9.17) is 5.11 Å². The Morgan fingerprint density at radius 3 is 2.52 bits per heavy atom. The van der Waals surface area contributed by atoms with Crippen LogP contribution in [0.25, 0.3) is 0 Å². The van der Waals surface area contributed by atoms with Crippen molar-refractivity contribution in [3.8, 4) is 0 Å². The third-order valence-corrected chi connectivity index (χ3v) is 3.19. The van der Waals surface area contributed by atoms with Gasteiger partial charge in [0.2, 0.25) is 0 Å². The van der Waals surface area contributed by atoms with Gasteiger partial charge in [0.15, 0.2) is 11.5 Å². The molecule has 1 aromatic carbocycles. The molecule has 108 valence electrons. The number of aromatic carboxylic acids is 1. The highest BCUT2D eigenvalue weighted by Crippen LogP contribution is 2.26. The summed E-state index contributed by atoms with van der Waals surface area (Å²) < 4.78 is 5.09. The van der Waals surface area contributed by atoms with Crippen LogP contribution in [0.5, 0.6) is 0 Å². The van der Waals surface area contributed by atoms with Gasteiger partial charge in [0, 0.05) is 4.47 Å². The average molecular weight is 352 g/mol. The Labute approximate surface area is 128 Å². The molecular weight excluding hydrogens is 342 g/mol. The molecule has 2 aromatic rings. The predicted molar refractivity (Wildman–Crippen MR) is 77.8 cm³/mol. The van der Waals surface area contributed by atoms with Crippen LogP contribution in [0.1, 0.15) is 20.8 Å². The number of carboxylic acids is 1. The lowest BCUT2D eigenvalue weighted by atomic mass is 10.2. The summed E-state index contributed by atoms with van der Waals surface area (Å²) >= 11 is 3.27. The summed E-state index contributed by atoms with van der Waals surface area (Å²) in [5, 5.41) is 19.4. The summed E-state index contributed by atoms with van der Waals surface area (Å²) in [7, 11) is 1.26. The predicted octanol–water partition coefficient (Wildman–Crippen LogP) is 2.47. The molecule has 1 aromatic heterocycles. The van der Waals surface area contributed by atoms with E-state index in [0.29, 0.717) is 16.0 Å². The Morgan fingerprint density at radius 2 is 2.00 bits per heavy atom. The van der Waals surface area contributed by atoms with Crippen molar-refractivity contribution in [1.82, 2.24) is 10.2 Å². The number of carbonyl (C=O) groups is 2. The molecule has 2 N–H and O–H groups in total. The summed E-state index contributed by atoms with van der Waals surface area (Å²) in [4.78, 5) is 22.1. The van der Waals surface area contributed by atoms with E-state index in [0.717, 1.165) is 0 Å². The van der Waals surface area contributed by atoms with E-state index < -0.39 is 11.9 Å². The Balaban J connectivity index is 2.18. The van der Waals surface area contributed by atoms with Gasteiger partial charge < -0.3 is 15.2 Å². The SMILES string of the molecule is COC(=O)c1ccc(Nc2ccc(C(=O)O)cc2Br)nn1. The lowest BCUT2D eigenvalue weighted by Gasteiger charge is -2.08. The first kappa shape index (κ1) is 14.9. The quantitative estimate of drug-likeness (QED) is 0.815. The molecule has 0 unspecified atom stereocenters. The van der Waals surface area contributed by atoms with Gasteiger partial charge in [-0.2, -0.15) is 0 Å². The summed E-state index contributed by atoms with van der Waals surface area (Å²) in [6, 6.07) is 7.58. The molecule has 0 radical (unpaired) electrons. The molecule has 0 amide bonds. The number of anilines is 2. The van der Waals surface area contributed by atoms with Crippen molar-refractivity contribution >= 4 is 39.4 Å². The average Bonchev–Trinajstić information content (AvgIpc) is 2.49. The van der Waals surface area contributed by atoms with Crippen molar-refractivity contribution in [2.24, 2.45) is 0 Å². The fourth-order valence-electron chi connectivity index (χ4n) is 1.50. The van der Waals surface area contributed by atoms with Crippen LogP contribution in [0.4, 0.5) is 11.5 Å². The van der Waals surface area contributed by atoms with Gasteiger partial charge in [-0.1, -0.05) is 0 Å². The lowest BCUT2D eigenvalue weighted by molar-refractivity contribution is 0.0592. The van der Waals surface area contributed by atoms with Gasteiger partial charge in [0.25, 0.3) is 0 Å². The summed E-state index contributed by atoms with van der Waals surface area (Å²) in [5.74, 6) is -1.17. The second-order valence-corrected chi connectivity index (χ2v) is 4.77.